The van der Waals surface area contributed by atoms with Gasteiger partial charge in [0.1, 0.15) is 0 Å². The van der Waals surface area contributed by atoms with Gasteiger partial charge in [-0.1, -0.05) is 0 Å². The first-order valence-corrected chi connectivity index (χ1v) is 6.85. The summed E-state index contributed by atoms with van der Waals surface area (Å²) in [7, 11) is 0. The van der Waals surface area contributed by atoms with Crippen molar-refractivity contribution in [1.82, 2.24) is 0 Å². The number of rotatable bonds is 9. The summed E-state index contributed by atoms with van der Waals surface area (Å²) in [6, 6.07) is 0. The van der Waals surface area contributed by atoms with E-state index < -0.39 is 72.4 Å². The van der Waals surface area contributed by atoms with E-state index in [1.807, 2.05) is 0 Å². The number of hydrogen-bond donors (Lipinski definition) is 12. The van der Waals surface area contributed by atoms with E-state index in [1.54, 1.807) is 0 Å². The van der Waals surface area contributed by atoms with Gasteiger partial charge in [-0.15, -0.1) is 0 Å². The normalized spacial score (nSPS) is 14.8. The third-order valence-electron chi connectivity index (χ3n) is 2.42. The molecule has 18 nitrogen and oxygen atoms in total. The molecule has 6 atom stereocenters. The molecule has 6 unspecified atom stereocenters. The van der Waals surface area contributed by atoms with Crippen LogP contribution in [0.25, 0.3) is 0 Å². The number of aliphatic hydroxyl groups excluding tert-OH is 6. The van der Waals surface area contributed by atoms with Crippen molar-refractivity contribution >= 4 is 35.8 Å². The van der Waals surface area contributed by atoms with Crippen LogP contribution in [0.3, 0.4) is 0 Å². The molecular weight excluding hydrogens is 522 g/mol. The van der Waals surface area contributed by atoms with E-state index >= 15 is 0 Å². The number of aliphatic hydroxyl groups is 6. The Balaban J connectivity index is -0.000000110. The van der Waals surface area contributed by atoms with Gasteiger partial charge in [0, 0.05) is 51.7 Å². The van der Waals surface area contributed by atoms with Crippen LogP contribution >= 0.6 is 0 Å². The molecule has 0 aliphatic carbocycles. The Bertz CT molecular complexity index is 498. The molecule has 0 saturated carbocycles. The Morgan fingerprint density at radius 1 is 0.312 bits per heavy atom. The van der Waals surface area contributed by atoms with E-state index in [4.69, 9.17) is 61.3 Å². The summed E-state index contributed by atoms with van der Waals surface area (Å²) in [5.74, 6) is -10.6. The molecule has 0 spiro atoms. The second-order valence-corrected chi connectivity index (χ2v) is 4.70. The summed E-state index contributed by atoms with van der Waals surface area (Å²) in [5, 5.41) is 97.6. The van der Waals surface area contributed by atoms with Gasteiger partial charge in [-0.25, -0.2) is 28.8 Å². The van der Waals surface area contributed by atoms with Gasteiger partial charge in [0.25, 0.3) is 0 Å². The maximum Gasteiger partial charge on any atom is 0.335 e. The fourth-order valence-electron chi connectivity index (χ4n) is 0.810. The minimum absolute atomic E-state index is 0. The molecule has 0 saturated heterocycles. The molecule has 2 radical (unpaired) electrons. The van der Waals surface area contributed by atoms with E-state index in [1.165, 1.54) is 0 Å². The van der Waals surface area contributed by atoms with Crippen LogP contribution in [-0.2, 0) is 80.5 Å². The fourth-order valence-corrected chi connectivity index (χ4v) is 0.810. The first-order valence-electron chi connectivity index (χ1n) is 6.85. The first kappa shape index (κ1) is 40.7. The van der Waals surface area contributed by atoms with Crippen LogP contribution in [-0.4, -0.2) is 134 Å². The van der Waals surface area contributed by atoms with Crippen LogP contribution < -0.4 is 0 Å². The van der Waals surface area contributed by atoms with Crippen molar-refractivity contribution in [2.24, 2.45) is 0 Å². The van der Waals surface area contributed by atoms with Gasteiger partial charge in [-0.2, -0.15) is 0 Å². The zero-order valence-corrected chi connectivity index (χ0v) is 19.0. The number of carbonyl (C=O) groups is 6. The average molecular weight is 540 g/mol. The maximum atomic E-state index is 9.77. The van der Waals surface area contributed by atoms with Crippen molar-refractivity contribution in [3.8, 4) is 0 Å². The van der Waals surface area contributed by atoms with E-state index in [-0.39, 0.29) is 51.7 Å². The predicted molar refractivity (Wildman–Crippen MR) is 81.9 cm³/mol. The van der Waals surface area contributed by atoms with Gasteiger partial charge in [0.2, 0.25) is 0 Å². The van der Waals surface area contributed by atoms with Gasteiger partial charge in [0.15, 0.2) is 36.6 Å². The molecule has 20 heteroatoms. The molecule has 180 valence electrons. The van der Waals surface area contributed by atoms with Crippen molar-refractivity contribution < 1.29 is 142 Å². The Hall–Kier alpha value is -1.68. The van der Waals surface area contributed by atoms with Crippen LogP contribution in [0.1, 0.15) is 0 Å². The zero-order chi connectivity index (χ0) is 24.9. The summed E-state index contributed by atoms with van der Waals surface area (Å²) in [6.45, 7) is 0. The van der Waals surface area contributed by atoms with Crippen LogP contribution in [0, 0.1) is 0 Å². The van der Waals surface area contributed by atoms with Crippen molar-refractivity contribution in [1.29, 1.82) is 0 Å². The molecule has 0 rings (SSSR count). The van der Waals surface area contributed by atoms with Gasteiger partial charge >= 0.3 is 35.8 Å². The van der Waals surface area contributed by atoms with Crippen molar-refractivity contribution in [3.63, 3.8) is 0 Å². The van der Waals surface area contributed by atoms with Crippen molar-refractivity contribution in [2.75, 3.05) is 0 Å². The number of aliphatic carboxylic acids is 6. The number of carboxylic acids is 6. The molecule has 0 aromatic rings. The van der Waals surface area contributed by atoms with E-state index in [0.29, 0.717) is 0 Å². The van der Waals surface area contributed by atoms with Gasteiger partial charge < -0.3 is 61.3 Å². The molecule has 0 aromatic carbocycles. The van der Waals surface area contributed by atoms with E-state index in [9.17, 15) is 28.8 Å². The quantitative estimate of drug-likeness (QED) is 0.129. The summed E-state index contributed by atoms with van der Waals surface area (Å²) in [6.07, 6.45) is -13.6. The van der Waals surface area contributed by atoms with Gasteiger partial charge in [0.05, 0.1) is 0 Å². The second-order valence-electron chi connectivity index (χ2n) is 4.70. The number of carboxylic acid groups (broad SMARTS) is 6. The van der Waals surface area contributed by atoms with Crippen LogP contribution in [0.15, 0.2) is 0 Å². The third-order valence-corrected chi connectivity index (χ3v) is 2.42. The molecule has 32 heavy (non-hydrogen) atoms. The van der Waals surface area contributed by atoms with Crippen LogP contribution in [0.2, 0.25) is 0 Å². The Labute approximate surface area is 213 Å². The minimum Gasteiger partial charge on any atom is -0.479 e. The average Bonchev–Trinajstić information content (AvgIpc) is 2.64. The molecule has 0 heterocycles. The SMILES string of the molecule is O=C(O)C(O)C(O)C(=O)O.O=C(O)C(O)C(O)C(=O)O.O=C(O)C(O)C(O)C(=O)O.[Sc].[Sc]. The third kappa shape index (κ3) is 17.9. The molecule has 0 aliphatic rings. The summed E-state index contributed by atoms with van der Waals surface area (Å²) >= 11 is 0. The summed E-state index contributed by atoms with van der Waals surface area (Å²) in [5.41, 5.74) is 0. The smallest absolute Gasteiger partial charge is 0.335 e. The van der Waals surface area contributed by atoms with E-state index in [2.05, 4.69) is 0 Å². The van der Waals surface area contributed by atoms with Crippen LogP contribution in [0.4, 0.5) is 0 Å². The monoisotopic (exact) mass is 540 g/mol. The molecule has 12 N–H and O–H groups in total. The predicted octanol–water partition coefficient (Wildman–Crippen LogP) is -6.37. The standard InChI is InChI=1S/3C4H6O6.2Sc/c3*5-1(3(7)8)2(6)4(9)10;;/h3*1-2,5-6H,(H,7,8)(H,9,10);;. The van der Waals surface area contributed by atoms with Crippen molar-refractivity contribution in [3.05, 3.63) is 0 Å². The Morgan fingerprint density at radius 3 is 0.406 bits per heavy atom. The molecule has 0 aromatic heterocycles. The minimum atomic E-state index is -2.27. The molecule has 0 amide bonds. The summed E-state index contributed by atoms with van der Waals surface area (Å²) < 4.78 is 0. The second kappa shape index (κ2) is 20.0. The zero-order valence-electron chi connectivity index (χ0n) is 15.4. The topological polar surface area (TPSA) is 345 Å². The van der Waals surface area contributed by atoms with Gasteiger partial charge in [-0.05, 0) is 0 Å². The van der Waals surface area contributed by atoms with Crippen molar-refractivity contribution in [2.45, 2.75) is 36.6 Å². The Morgan fingerprint density at radius 2 is 0.375 bits per heavy atom. The fraction of sp³-hybridized carbons (Fsp3) is 0.500. The summed E-state index contributed by atoms with van der Waals surface area (Å²) in [4.78, 5) is 58.6. The van der Waals surface area contributed by atoms with Gasteiger partial charge in [-0.3, -0.25) is 0 Å². The van der Waals surface area contributed by atoms with Crippen LogP contribution in [0.5, 0.6) is 0 Å². The largest absolute Gasteiger partial charge is 0.479 e. The maximum absolute atomic E-state index is 9.77. The molecule has 0 fully saturated rings. The molecule has 0 bridgehead atoms. The molecular formula is C12H18O18Sc2. The first-order chi connectivity index (χ1) is 13.4. The molecule has 0 aliphatic heterocycles. The number of hydrogen-bond acceptors (Lipinski definition) is 12. The Kier molecular flexibility index (Phi) is 25.4. The van der Waals surface area contributed by atoms with E-state index in [0.717, 1.165) is 0 Å².